The van der Waals surface area contributed by atoms with E-state index in [1.807, 2.05) is 19.9 Å². The SMILES string of the molecule is C=CC.CCCCCc1cc(O)c(C2C=C(C)CCC2)c(O)c1C(=O)O. The normalized spacial score (nSPS) is 16.3. The highest BCUT2D eigenvalue weighted by molar-refractivity contribution is 5.94. The van der Waals surface area contributed by atoms with Crippen LogP contribution in [-0.2, 0) is 6.42 Å². The topological polar surface area (TPSA) is 77.8 Å². The van der Waals surface area contributed by atoms with Gasteiger partial charge in [0.25, 0.3) is 0 Å². The van der Waals surface area contributed by atoms with Crippen molar-refractivity contribution >= 4 is 5.97 Å². The van der Waals surface area contributed by atoms with E-state index < -0.39 is 5.97 Å². The van der Waals surface area contributed by atoms with Crippen LogP contribution >= 0.6 is 0 Å². The molecule has 0 radical (unpaired) electrons. The number of carbonyl (C=O) groups is 1. The third kappa shape index (κ3) is 5.65. The van der Waals surface area contributed by atoms with E-state index in [1.54, 1.807) is 6.08 Å². The molecule has 0 aromatic heterocycles. The highest BCUT2D eigenvalue weighted by Crippen LogP contribution is 2.43. The lowest BCUT2D eigenvalue weighted by Crippen LogP contribution is -2.09. The van der Waals surface area contributed by atoms with Gasteiger partial charge in [-0.1, -0.05) is 37.5 Å². The lowest BCUT2D eigenvalue weighted by molar-refractivity contribution is 0.0692. The van der Waals surface area contributed by atoms with E-state index in [4.69, 9.17) is 0 Å². The van der Waals surface area contributed by atoms with Gasteiger partial charge in [-0.15, -0.1) is 6.58 Å². The Morgan fingerprint density at radius 2 is 2.00 bits per heavy atom. The van der Waals surface area contributed by atoms with Gasteiger partial charge in [-0.05, 0) is 57.6 Å². The predicted molar refractivity (Wildman–Crippen MR) is 106 cm³/mol. The summed E-state index contributed by atoms with van der Waals surface area (Å²) in [6, 6.07) is 1.53. The average Bonchev–Trinajstić information content (AvgIpc) is 2.55. The van der Waals surface area contributed by atoms with Crippen LogP contribution in [0.1, 0.15) is 86.7 Å². The number of allylic oxidation sites excluding steroid dienone is 3. The van der Waals surface area contributed by atoms with Gasteiger partial charge in [0.15, 0.2) is 0 Å². The Labute approximate surface area is 156 Å². The summed E-state index contributed by atoms with van der Waals surface area (Å²) >= 11 is 0. The molecule has 0 fully saturated rings. The largest absolute Gasteiger partial charge is 0.507 e. The van der Waals surface area contributed by atoms with Gasteiger partial charge >= 0.3 is 5.97 Å². The van der Waals surface area contributed by atoms with Crippen molar-refractivity contribution < 1.29 is 20.1 Å². The minimum absolute atomic E-state index is 0.00921. The summed E-state index contributed by atoms with van der Waals surface area (Å²) in [5.74, 6) is -1.51. The van der Waals surface area contributed by atoms with Crippen LogP contribution in [0.5, 0.6) is 11.5 Å². The smallest absolute Gasteiger partial charge is 0.339 e. The molecule has 4 nitrogen and oxygen atoms in total. The Bertz CT molecular complexity index is 659. The molecule has 1 aliphatic carbocycles. The molecule has 0 aliphatic heterocycles. The Hall–Kier alpha value is -2.23. The Morgan fingerprint density at radius 1 is 1.35 bits per heavy atom. The van der Waals surface area contributed by atoms with E-state index in [0.29, 0.717) is 17.5 Å². The fourth-order valence-corrected chi connectivity index (χ4v) is 3.43. The first-order valence-corrected chi connectivity index (χ1v) is 9.42. The molecular formula is C22H32O4. The maximum atomic E-state index is 11.6. The maximum Gasteiger partial charge on any atom is 0.339 e. The van der Waals surface area contributed by atoms with E-state index in [-0.39, 0.29) is 23.0 Å². The molecule has 1 atom stereocenters. The van der Waals surface area contributed by atoms with Crippen LogP contribution in [0.4, 0.5) is 0 Å². The molecule has 0 spiro atoms. The van der Waals surface area contributed by atoms with Crippen LogP contribution in [0.15, 0.2) is 30.4 Å². The second kappa shape index (κ2) is 10.7. The second-order valence-corrected chi connectivity index (χ2v) is 6.87. The van der Waals surface area contributed by atoms with Gasteiger partial charge in [0.05, 0.1) is 0 Å². The summed E-state index contributed by atoms with van der Waals surface area (Å²) in [4.78, 5) is 11.6. The number of unbranched alkanes of at least 4 members (excludes halogenated alkanes) is 2. The van der Waals surface area contributed by atoms with Crippen LogP contribution in [0.3, 0.4) is 0 Å². The van der Waals surface area contributed by atoms with Crippen molar-refractivity contribution in [2.24, 2.45) is 0 Å². The van der Waals surface area contributed by atoms with Crippen LogP contribution in [0.25, 0.3) is 0 Å². The lowest BCUT2D eigenvalue weighted by Gasteiger charge is -2.23. The second-order valence-electron chi connectivity index (χ2n) is 6.87. The number of hydrogen-bond acceptors (Lipinski definition) is 3. The maximum absolute atomic E-state index is 11.6. The number of aromatic carboxylic acids is 1. The van der Waals surface area contributed by atoms with Gasteiger partial charge in [0.1, 0.15) is 17.1 Å². The minimum atomic E-state index is -1.13. The molecule has 4 heteroatoms. The third-order valence-corrected chi connectivity index (χ3v) is 4.61. The number of hydrogen-bond donors (Lipinski definition) is 3. The molecular weight excluding hydrogens is 328 g/mol. The van der Waals surface area contributed by atoms with E-state index >= 15 is 0 Å². The quantitative estimate of drug-likeness (QED) is 0.434. The zero-order valence-electron chi connectivity index (χ0n) is 16.2. The number of carboxylic acids is 1. The molecule has 2 rings (SSSR count). The van der Waals surface area contributed by atoms with Crippen molar-refractivity contribution in [1.29, 1.82) is 0 Å². The summed E-state index contributed by atoms with van der Waals surface area (Å²) < 4.78 is 0. The van der Waals surface area contributed by atoms with Crippen molar-refractivity contribution in [2.75, 3.05) is 0 Å². The fraction of sp³-hybridized carbons (Fsp3) is 0.500. The van der Waals surface area contributed by atoms with Crippen molar-refractivity contribution in [2.45, 2.75) is 71.6 Å². The summed E-state index contributed by atoms with van der Waals surface area (Å²) in [7, 11) is 0. The summed E-state index contributed by atoms with van der Waals surface area (Å²) in [5.41, 5.74) is 2.04. The number of carboxylic acid groups (broad SMARTS) is 1. The van der Waals surface area contributed by atoms with Gasteiger partial charge in [-0.25, -0.2) is 4.79 Å². The van der Waals surface area contributed by atoms with E-state index in [1.165, 1.54) is 11.6 Å². The summed E-state index contributed by atoms with van der Waals surface area (Å²) in [5, 5.41) is 30.4. The monoisotopic (exact) mass is 360 g/mol. The number of aryl methyl sites for hydroxylation is 1. The molecule has 1 aromatic carbocycles. The van der Waals surface area contributed by atoms with E-state index in [0.717, 1.165) is 38.5 Å². The first-order chi connectivity index (χ1) is 12.4. The Kier molecular flexibility index (Phi) is 8.97. The third-order valence-electron chi connectivity index (χ3n) is 4.61. The molecule has 0 saturated carbocycles. The number of phenolic OH excluding ortho intramolecular Hbond substituents is 1. The summed E-state index contributed by atoms with van der Waals surface area (Å²) in [6.45, 7) is 9.35. The van der Waals surface area contributed by atoms with Crippen molar-refractivity contribution in [1.82, 2.24) is 0 Å². The molecule has 1 aliphatic rings. The Balaban J connectivity index is 0.00000105. The number of rotatable bonds is 6. The number of benzene rings is 1. The van der Waals surface area contributed by atoms with Crippen LogP contribution in [0.2, 0.25) is 0 Å². The van der Waals surface area contributed by atoms with E-state index in [2.05, 4.69) is 13.5 Å². The first kappa shape index (κ1) is 21.8. The Morgan fingerprint density at radius 3 is 2.54 bits per heavy atom. The highest BCUT2D eigenvalue weighted by Gasteiger charge is 2.27. The molecule has 0 saturated heterocycles. The standard InChI is InChI=1S/C19H26O4.C3H6/c1-3-4-5-8-14-11-15(20)16(18(21)17(14)19(22)23)13-9-6-7-12(2)10-13;1-3-2/h10-11,13,20-21H,3-9H2,1-2H3,(H,22,23);3H,1H2,2H3. The van der Waals surface area contributed by atoms with E-state index in [9.17, 15) is 20.1 Å². The highest BCUT2D eigenvalue weighted by atomic mass is 16.4. The molecule has 0 bridgehead atoms. The molecule has 3 N–H and O–H groups in total. The van der Waals surface area contributed by atoms with Gasteiger partial charge in [-0.2, -0.15) is 0 Å². The first-order valence-electron chi connectivity index (χ1n) is 9.42. The zero-order chi connectivity index (χ0) is 19.7. The fourth-order valence-electron chi connectivity index (χ4n) is 3.43. The molecule has 1 aromatic rings. The number of phenols is 2. The van der Waals surface area contributed by atoms with Gasteiger partial charge < -0.3 is 15.3 Å². The number of aromatic hydroxyl groups is 2. The molecule has 1 unspecified atom stereocenters. The van der Waals surface area contributed by atoms with Gasteiger partial charge in [-0.3, -0.25) is 0 Å². The van der Waals surface area contributed by atoms with Crippen molar-refractivity contribution in [3.8, 4) is 11.5 Å². The summed E-state index contributed by atoms with van der Waals surface area (Å²) in [6.07, 6.45) is 10.0. The minimum Gasteiger partial charge on any atom is -0.507 e. The van der Waals surface area contributed by atoms with Crippen LogP contribution in [0, 0.1) is 0 Å². The molecule has 0 amide bonds. The molecule has 0 heterocycles. The zero-order valence-corrected chi connectivity index (χ0v) is 16.2. The molecule has 144 valence electrons. The predicted octanol–water partition coefficient (Wildman–Crippen LogP) is 5.93. The van der Waals surface area contributed by atoms with Gasteiger partial charge in [0, 0.05) is 11.5 Å². The average molecular weight is 360 g/mol. The van der Waals surface area contributed by atoms with Gasteiger partial charge in [0.2, 0.25) is 0 Å². The molecule has 26 heavy (non-hydrogen) atoms. The van der Waals surface area contributed by atoms with Crippen molar-refractivity contribution in [3.05, 3.63) is 47.1 Å². The van der Waals surface area contributed by atoms with Crippen LogP contribution < -0.4 is 0 Å². The van der Waals surface area contributed by atoms with Crippen molar-refractivity contribution in [3.63, 3.8) is 0 Å². The lowest BCUT2D eigenvalue weighted by atomic mass is 9.83. The van der Waals surface area contributed by atoms with Crippen LogP contribution in [-0.4, -0.2) is 21.3 Å².